The van der Waals surface area contributed by atoms with Crippen molar-refractivity contribution in [3.8, 4) is 0 Å². The predicted molar refractivity (Wildman–Crippen MR) is 221 cm³/mol. The van der Waals surface area contributed by atoms with Crippen molar-refractivity contribution in [2.75, 3.05) is 0 Å². The Balaban J connectivity index is 3.35. The minimum atomic E-state index is -2.41. The minimum absolute atomic E-state index is 0.0239. The van der Waals surface area contributed by atoms with Crippen LogP contribution in [-0.2, 0) is 18.4 Å². The summed E-state index contributed by atoms with van der Waals surface area (Å²) >= 11 is 1.60. The lowest BCUT2D eigenvalue weighted by Gasteiger charge is -2.47. The minimum Gasteiger partial charge on any atom is -0.481 e. The Kier molecular flexibility index (Phi) is 17.7. The molecule has 1 aromatic rings. The van der Waals surface area contributed by atoms with E-state index in [1.807, 2.05) is 39.2 Å². The first-order valence-corrected chi connectivity index (χ1v) is 25.4. The van der Waals surface area contributed by atoms with Crippen LogP contribution in [0.1, 0.15) is 125 Å². The fraction of sp³-hybridized carbons (Fsp3) is 0.732. The van der Waals surface area contributed by atoms with E-state index in [9.17, 15) is 19.8 Å². The van der Waals surface area contributed by atoms with Gasteiger partial charge in [0.05, 0.1) is 35.4 Å². The Labute approximate surface area is 317 Å². The molecule has 2 N–H and O–H groups in total. The van der Waals surface area contributed by atoms with Crippen LogP contribution in [0.5, 0.6) is 0 Å². The summed E-state index contributed by atoms with van der Waals surface area (Å²) in [4.78, 5) is 31.5. The smallest absolute Gasteiger partial charge is 0.305 e. The molecule has 1 rings (SSSR count). The van der Waals surface area contributed by atoms with Crippen LogP contribution in [-0.4, -0.2) is 61.9 Å². The van der Waals surface area contributed by atoms with Gasteiger partial charge in [-0.25, -0.2) is 4.98 Å². The lowest BCUT2D eigenvalue weighted by atomic mass is 9.71. The van der Waals surface area contributed by atoms with Crippen LogP contribution in [0.25, 0.3) is 6.08 Å². The third kappa shape index (κ3) is 14.2. The number of rotatable bonds is 21. The van der Waals surface area contributed by atoms with E-state index in [1.54, 1.807) is 17.4 Å². The monoisotopic (exact) mass is 763 g/mol. The first-order valence-electron chi connectivity index (χ1n) is 18.7. The van der Waals surface area contributed by atoms with E-state index < -0.39 is 46.1 Å². The second-order valence-corrected chi connectivity index (χ2v) is 29.0. The van der Waals surface area contributed by atoms with E-state index in [0.717, 1.165) is 35.5 Å². The Bertz CT molecular complexity index is 1360. The summed E-state index contributed by atoms with van der Waals surface area (Å²) in [6.07, 6.45) is 7.58. The number of hydrogen-bond acceptors (Lipinski definition) is 7. The number of nitrogens with zero attached hydrogens (tertiary/aromatic N) is 1. The number of carbonyl (C=O) groups excluding carboxylic acids is 1. The molecule has 0 amide bonds. The van der Waals surface area contributed by atoms with Gasteiger partial charge >= 0.3 is 5.97 Å². The van der Waals surface area contributed by atoms with Crippen LogP contribution >= 0.6 is 11.3 Å². The van der Waals surface area contributed by atoms with Gasteiger partial charge in [-0.2, -0.15) is 0 Å². The van der Waals surface area contributed by atoms with Crippen molar-refractivity contribution in [2.45, 2.75) is 176 Å². The molecule has 0 fully saturated rings. The molecule has 0 unspecified atom stereocenters. The molecule has 7 nitrogen and oxygen atoms in total. The van der Waals surface area contributed by atoms with Gasteiger partial charge in [-0.1, -0.05) is 80.0 Å². The molecular weight excluding hydrogens is 691 g/mol. The van der Waals surface area contributed by atoms with Crippen LogP contribution < -0.4 is 0 Å². The molecule has 0 saturated heterocycles. The Hall–Kier alpha value is -1.70. The second-order valence-electron chi connectivity index (χ2n) is 18.4. The normalized spacial score (nSPS) is 17.1. The standard InChI is InChI=1S/C41H73NO6SSi2/c1-18-20-33(38(46)41(12,13)35(26-36(44)45)47-50(14,15)39(6,7)8)37(48-51(16,17)40(9,10)11)29(3)22-19-21-28(2)23-24-34(43)30(4)25-32-27-49-31(5)42-32/h18,23,25,27,29,33-35,37,43H,1,19-22,24,26H2,2-17H3,(H,44,45)/b28-23-,30-25+/t29-,33+,34-,35-,37-/m0/s1. The number of aromatic nitrogens is 1. The van der Waals surface area contributed by atoms with E-state index in [0.29, 0.717) is 12.8 Å². The summed E-state index contributed by atoms with van der Waals surface area (Å²) in [5.74, 6) is -1.43. The van der Waals surface area contributed by atoms with Gasteiger partial charge in [-0.3, -0.25) is 9.59 Å². The summed E-state index contributed by atoms with van der Waals surface area (Å²) < 4.78 is 13.9. The Morgan fingerprint density at radius 3 is 2.00 bits per heavy atom. The van der Waals surface area contributed by atoms with Crippen LogP contribution in [0.2, 0.25) is 36.3 Å². The highest BCUT2D eigenvalue weighted by Gasteiger charge is 2.50. The third-order valence-electron chi connectivity index (χ3n) is 11.5. The number of aliphatic carboxylic acids is 1. The summed E-state index contributed by atoms with van der Waals surface area (Å²) in [5, 5.41) is 23.6. The molecule has 5 atom stereocenters. The largest absolute Gasteiger partial charge is 0.481 e. The van der Waals surface area contributed by atoms with Crippen LogP contribution in [0.4, 0.5) is 0 Å². The summed E-state index contributed by atoms with van der Waals surface area (Å²) in [7, 11) is -4.73. The maximum atomic E-state index is 14.9. The van der Waals surface area contributed by atoms with Crippen LogP contribution in [0.3, 0.4) is 0 Å². The molecule has 51 heavy (non-hydrogen) atoms. The molecule has 10 heteroatoms. The highest BCUT2D eigenvalue weighted by molar-refractivity contribution is 7.09. The van der Waals surface area contributed by atoms with Crippen molar-refractivity contribution in [3.05, 3.63) is 46.0 Å². The maximum absolute atomic E-state index is 14.9. The predicted octanol–water partition coefficient (Wildman–Crippen LogP) is 11.4. The molecule has 0 bridgehead atoms. The first kappa shape index (κ1) is 47.3. The SMILES string of the molecule is C=CC[C@@H](C(=O)C(C)(C)[C@H](CC(=O)O)O[Si](C)(C)C(C)(C)C)[C@@H](O[Si](C)(C)C(C)(C)C)[C@@H](C)CCC/C(C)=C\C[C@H](O)/C(C)=C/c1csc(C)n1. The average molecular weight is 764 g/mol. The average Bonchev–Trinajstić information content (AvgIpc) is 3.39. The molecule has 1 aromatic heterocycles. The van der Waals surface area contributed by atoms with Crippen LogP contribution in [0.15, 0.2) is 35.3 Å². The van der Waals surface area contributed by atoms with Crippen molar-refractivity contribution < 1.29 is 28.7 Å². The molecule has 0 aromatic carbocycles. The first-order chi connectivity index (χ1) is 23.1. The number of ketones is 1. The van der Waals surface area contributed by atoms with E-state index in [2.05, 4.69) is 99.2 Å². The van der Waals surface area contributed by atoms with Gasteiger partial charge < -0.3 is 19.1 Å². The highest BCUT2D eigenvalue weighted by atomic mass is 32.1. The molecule has 292 valence electrons. The quantitative estimate of drug-likeness (QED) is 0.0948. The third-order valence-corrected chi connectivity index (χ3v) is 21.2. The number of aliphatic hydroxyl groups is 1. The van der Waals surface area contributed by atoms with Crippen molar-refractivity contribution in [2.24, 2.45) is 17.3 Å². The zero-order valence-corrected chi connectivity index (χ0v) is 37.8. The highest BCUT2D eigenvalue weighted by Crippen LogP contribution is 2.44. The van der Waals surface area contributed by atoms with Gasteiger partial charge in [0.2, 0.25) is 0 Å². The number of allylic oxidation sites excluding steroid dienone is 2. The van der Waals surface area contributed by atoms with E-state index in [4.69, 9.17) is 8.85 Å². The van der Waals surface area contributed by atoms with E-state index >= 15 is 0 Å². The Morgan fingerprint density at radius 2 is 1.53 bits per heavy atom. The van der Waals surface area contributed by atoms with Crippen molar-refractivity contribution in [1.82, 2.24) is 4.98 Å². The number of Topliss-reactive ketones (excluding diaryl/α,β-unsaturated/α-hetero) is 1. The molecule has 0 aliphatic carbocycles. The van der Waals surface area contributed by atoms with Crippen molar-refractivity contribution in [3.63, 3.8) is 0 Å². The Morgan fingerprint density at radius 1 is 0.980 bits per heavy atom. The fourth-order valence-corrected chi connectivity index (χ4v) is 9.14. The fourth-order valence-electron chi connectivity index (χ4n) is 5.70. The number of thiazole rings is 1. The molecule has 0 radical (unpaired) electrons. The number of carboxylic acids is 1. The van der Waals surface area contributed by atoms with E-state index in [-0.39, 0.29) is 34.3 Å². The lowest BCUT2D eigenvalue weighted by Crippen LogP contribution is -2.55. The van der Waals surface area contributed by atoms with Crippen molar-refractivity contribution in [1.29, 1.82) is 0 Å². The van der Waals surface area contributed by atoms with Gasteiger partial charge in [0.1, 0.15) is 5.78 Å². The molecule has 0 saturated carbocycles. The molecular formula is C41H73NO6SSi2. The van der Waals surface area contributed by atoms with E-state index in [1.165, 1.54) is 5.57 Å². The van der Waals surface area contributed by atoms with Gasteiger partial charge in [0, 0.05) is 16.7 Å². The van der Waals surface area contributed by atoms with Gasteiger partial charge in [0.15, 0.2) is 16.6 Å². The van der Waals surface area contributed by atoms with Crippen LogP contribution in [0, 0.1) is 24.2 Å². The molecule has 0 aliphatic rings. The zero-order valence-electron chi connectivity index (χ0n) is 35.0. The number of hydrogen-bond donors (Lipinski definition) is 2. The molecule has 0 aliphatic heterocycles. The topological polar surface area (TPSA) is 106 Å². The van der Waals surface area contributed by atoms with Gasteiger partial charge in [0.25, 0.3) is 0 Å². The van der Waals surface area contributed by atoms with Gasteiger partial charge in [-0.05, 0) is 107 Å². The summed E-state index contributed by atoms with van der Waals surface area (Å²) in [5.41, 5.74) is 1.93. The van der Waals surface area contributed by atoms with Crippen molar-refractivity contribution >= 4 is 45.8 Å². The molecule has 0 spiro atoms. The number of aryl methyl sites for hydroxylation is 1. The molecule has 1 heterocycles. The summed E-state index contributed by atoms with van der Waals surface area (Å²) in [6.45, 7) is 37.6. The lowest BCUT2D eigenvalue weighted by molar-refractivity contribution is -0.146. The summed E-state index contributed by atoms with van der Waals surface area (Å²) in [6, 6.07) is 0. The number of carboxylic acid groups (broad SMARTS) is 1. The number of aliphatic hydroxyl groups excluding tert-OH is 1. The second kappa shape index (κ2) is 19.1. The number of carbonyl (C=O) groups is 2. The van der Waals surface area contributed by atoms with Gasteiger partial charge in [-0.15, -0.1) is 17.9 Å². The maximum Gasteiger partial charge on any atom is 0.305 e. The zero-order chi connectivity index (χ0) is 39.8.